The van der Waals surface area contributed by atoms with Crippen LogP contribution in [0.15, 0.2) is 10.9 Å². The van der Waals surface area contributed by atoms with Gasteiger partial charge in [-0.05, 0) is 38.3 Å². The van der Waals surface area contributed by atoms with Gasteiger partial charge in [0, 0.05) is 6.42 Å². The number of likely N-dealkylation sites (tertiary alicyclic amines) is 1. The highest BCUT2D eigenvalue weighted by Gasteiger charge is 2.20. The van der Waals surface area contributed by atoms with E-state index in [1.165, 1.54) is 6.39 Å². The summed E-state index contributed by atoms with van der Waals surface area (Å²) in [4.78, 5) is 16.8. The Morgan fingerprint density at radius 3 is 2.88 bits per heavy atom. The van der Waals surface area contributed by atoms with E-state index in [2.05, 4.69) is 19.6 Å². The summed E-state index contributed by atoms with van der Waals surface area (Å²) in [5, 5.41) is 12.4. The third kappa shape index (κ3) is 3.81. The summed E-state index contributed by atoms with van der Waals surface area (Å²) in [5.74, 6) is 0.570. The Hall–Kier alpha value is -1.43. The summed E-state index contributed by atoms with van der Waals surface area (Å²) in [6.07, 6.45) is 4.55. The quantitative estimate of drug-likeness (QED) is 0.830. The van der Waals surface area contributed by atoms with Crippen LogP contribution in [-0.4, -0.2) is 39.2 Å². The van der Waals surface area contributed by atoms with Gasteiger partial charge >= 0.3 is 5.97 Å². The van der Waals surface area contributed by atoms with Crippen molar-refractivity contribution in [1.29, 1.82) is 0 Å². The summed E-state index contributed by atoms with van der Waals surface area (Å²) in [6, 6.07) is 0. The maximum absolute atomic E-state index is 10.5. The fraction of sp³-hybridized carbons (Fsp3) is 0.727. The molecule has 1 aromatic heterocycles. The number of rotatable bonds is 5. The molecule has 0 radical (unpaired) electrons. The van der Waals surface area contributed by atoms with Gasteiger partial charge in [-0.3, -0.25) is 9.69 Å². The summed E-state index contributed by atoms with van der Waals surface area (Å²) < 4.78 is 4.69. The molecule has 0 amide bonds. The molecule has 0 spiro atoms. The highest BCUT2D eigenvalue weighted by Crippen LogP contribution is 2.22. The van der Waals surface area contributed by atoms with Gasteiger partial charge in [0.2, 0.25) is 6.39 Å². The summed E-state index contributed by atoms with van der Waals surface area (Å²) in [7, 11) is 0. The van der Waals surface area contributed by atoms with E-state index >= 15 is 0 Å². The molecule has 6 heteroatoms. The first-order valence-corrected chi connectivity index (χ1v) is 5.93. The standard InChI is InChI=1S/C11H17N3O3/c15-11(16)2-1-9-3-5-14(6-4-9)7-10-12-8-17-13-10/h8-9H,1-7H2,(H,15,16). The van der Waals surface area contributed by atoms with E-state index in [1.807, 2.05) is 0 Å². The second kappa shape index (κ2) is 5.77. The van der Waals surface area contributed by atoms with Gasteiger partial charge in [0.05, 0.1) is 6.54 Å². The van der Waals surface area contributed by atoms with Crippen LogP contribution in [-0.2, 0) is 11.3 Å². The molecule has 0 atom stereocenters. The number of carboxylic acids is 1. The number of nitrogens with zero attached hydrogens (tertiary/aromatic N) is 3. The van der Waals surface area contributed by atoms with Gasteiger partial charge in [0.15, 0.2) is 5.82 Å². The number of hydrogen-bond donors (Lipinski definition) is 1. The Morgan fingerprint density at radius 1 is 1.53 bits per heavy atom. The first kappa shape index (κ1) is 12.0. The van der Waals surface area contributed by atoms with Gasteiger partial charge in [0.25, 0.3) is 0 Å². The van der Waals surface area contributed by atoms with E-state index in [1.54, 1.807) is 0 Å². The lowest BCUT2D eigenvalue weighted by atomic mass is 9.92. The van der Waals surface area contributed by atoms with Crippen LogP contribution in [0.3, 0.4) is 0 Å². The molecule has 1 N–H and O–H groups in total. The molecule has 1 aromatic rings. The maximum Gasteiger partial charge on any atom is 0.303 e. The molecule has 0 saturated carbocycles. The van der Waals surface area contributed by atoms with Gasteiger partial charge in [0.1, 0.15) is 0 Å². The molecule has 0 aliphatic carbocycles. The van der Waals surface area contributed by atoms with Crippen LogP contribution >= 0.6 is 0 Å². The molecule has 0 unspecified atom stereocenters. The van der Waals surface area contributed by atoms with Crippen LogP contribution in [0.2, 0.25) is 0 Å². The predicted molar refractivity (Wildman–Crippen MR) is 59.2 cm³/mol. The third-order valence-electron chi connectivity index (χ3n) is 3.25. The lowest BCUT2D eigenvalue weighted by molar-refractivity contribution is -0.137. The molecule has 6 nitrogen and oxygen atoms in total. The SMILES string of the molecule is O=C(O)CCC1CCN(Cc2ncon2)CC1. The van der Waals surface area contributed by atoms with E-state index in [9.17, 15) is 4.79 Å². The van der Waals surface area contributed by atoms with Crippen molar-refractivity contribution in [3.63, 3.8) is 0 Å². The average molecular weight is 239 g/mol. The van der Waals surface area contributed by atoms with Crippen molar-refractivity contribution in [2.24, 2.45) is 5.92 Å². The van der Waals surface area contributed by atoms with Crippen molar-refractivity contribution in [3.05, 3.63) is 12.2 Å². The smallest absolute Gasteiger partial charge is 0.303 e. The number of carbonyl (C=O) groups is 1. The molecule has 1 aliphatic heterocycles. The molecule has 1 aliphatic rings. The van der Waals surface area contributed by atoms with Gasteiger partial charge in [-0.25, -0.2) is 0 Å². The highest BCUT2D eigenvalue weighted by atomic mass is 16.5. The molecule has 17 heavy (non-hydrogen) atoms. The van der Waals surface area contributed by atoms with Gasteiger partial charge in [-0.2, -0.15) is 4.98 Å². The Balaban J connectivity index is 1.69. The van der Waals surface area contributed by atoms with Gasteiger partial charge < -0.3 is 9.63 Å². The Bertz CT molecular complexity index is 345. The van der Waals surface area contributed by atoms with E-state index in [-0.39, 0.29) is 6.42 Å². The lowest BCUT2D eigenvalue weighted by Gasteiger charge is -2.30. The minimum atomic E-state index is -0.695. The molecule has 2 heterocycles. The van der Waals surface area contributed by atoms with Crippen molar-refractivity contribution in [2.45, 2.75) is 32.2 Å². The Morgan fingerprint density at radius 2 is 2.29 bits per heavy atom. The highest BCUT2D eigenvalue weighted by molar-refractivity contribution is 5.66. The van der Waals surface area contributed by atoms with Crippen LogP contribution < -0.4 is 0 Å². The fourth-order valence-corrected chi connectivity index (χ4v) is 2.22. The molecular weight excluding hydrogens is 222 g/mol. The van der Waals surface area contributed by atoms with Crippen molar-refractivity contribution in [3.8, 4) is 0 Å². The largest absolute Gasteiger partial charge is 0.481 e. The minimum Gasteiger partial charge on any atom is -0.481 e. The maximum atomic E-state index is 10.5. The number of carboxylic acid groups (broad SMARTS) is 1. The van der Waals surface area contributed by atoms with Gasteiger partial charge in [-0.15, -0.1) is 0 Å². The van der Waals surface area contributed by atoms with Crippen LogP contribution in [0.1, 0.15) is 31.5 Å². The van der Waals surface area contributed by atoms with Crippen LogP contribution in [0.25, 0.3) is 0 Å². The first-order chi connectivity index (χ1) is 8.24. The third-order valence-corrected chi connectivity index (χ3v) is 3.25. The minimum absolute atomic E-state index is 0.287. The fourth-order valence-electron chi connectivity index (χ4n) is 2.22. The molecule has 0 aromatic carbocycles. The number of aromatic nitrogens is 2. The summed E-state index contributed by atoms with van der Waals surface area (Å²) >= 11 is 0. The van der Waals surface area contributed by atoms with Crippen LogP contribution in [0, 0.1) is 5.92 Å². The first-order valence-electron chi connectivity index (χ1n) is 5.93. The van der Waals surface area contributed by atoms with Crippen LogP contribution in [0.5, 0.6) is 0 Å². The lowest BCUT2D eigenvalue weighted by Crippen LogP contribution is -2.33. The van der Waals surface area contributed by atoms with Crippen molar-refractivity contribution >= 4 is 5.97 Å². The number of aliphatic carboxylic acids is 1. The number of hydrogen-bond acceptors (Lipinski definition) is 5. The molecule has 94 valence electrons. The van der Waals surface area contributed by atoms with E-state index in [0.29, 0.717) is 11.7 Å². The van der Waals surface area contributed by atoms with Gasteiger partial charge in [-0.1, -0.05) is 5.16 Å². The zero-order chi connectivity index (χ0) is 12.1. The second-order valence-electron chi connectivity index (χ2n) is 4.50. The second-order valence-corrected chi connectivity index (χ2v) is 4.50. The monoisotopic (exact) mass is 239 g/mol. The Kier molecular flexibility index (Phi) is 4.08. The topological polar surface area (TPSA) is 79.5 Å². The predicted octanol–water partition coefficient (Wildman–Crippen LogP) is 1.15. The average Bonchev–Trinajstić information content (AvgIpc) is 2.81. The molecule has 0 bridgehead atoms. The summed E-state index contributed by atoms with van der Waals surface area (Å²) in [6.45, 7) is 2.69. The molecule has 2 rings (SSSR count). The Labute approximate surface area is 99.6 Å². The normalized spacial score (nSPS) is 18.4. The zero-order valence-electron chi connectivity index (χ0n) is 9.71. The molecule has 1 fully saturated rings. The van der Waals surface area contributed by atoms with E-state index < -0.39 is 5.97 Å². The van der Waals surface area contributed by atoms with Crippen molar-refractivity contribution in [2.75, 3.05) is 13.1 Å². The van der Waals surface area contributed by atoms with Crippen molar-refractivity contribution < 1.29 is 14.4 Å². The summed E-state index contributed by atoms with van der Waals surface area (Å²) in [5.41, 5.74) is 0. The van der Waals surface area contributed by atoms with Crippen molar-refractivity contribution in [1.82, 2.24) is 15.0 Å². The van der Waals surface area contributed by atoms with Crippen LogP contribution in [0.4, 0.5) is 0 Å². The van der Waals surface area contributed by atoms with E-state index in [4.69, 9.17) is 5.11 Å². The number of piperidine rings is 1. The van der Waals surface area contributed by atoms with E-state index in [0.717, 1.165) is 38.9 Å². The zero-order valence-corrected chi connectivity index (χ0v) is 9.71. The molecule has 1 saturated heterocycles. The molecular formula is C11H17N3O3.